The Morgan fingerprint density at radius 1 is 0.711 bits per heavy atom. The molecule has 0 aliphatic rings. The first-order valence-electron chi connectivity index (χ1n) is 14.5. The lowest BCUT2D eigenvalue weighted by Crippen LogP contribution is -2.54. The summed E-state index contributed by atoms with van der Waals surface area (Å²) in [7, 11) is 0. The fraction of sp³-hybridized carbons (Fsp3) is 0.667. The Balaban J connectivity index is 2.81. The summed E-state index contributed by atoms with van der Waals surface area (Å²) in [5.74, 6) is -1.05. The van der Waals surface area contributed by atoms with Gasteiger partial charge >= 0.3 is 0 Å². The first-order valence-corrected chi connectivity index (χ1v) is 14.5. The summed E-state index contributed by atoms with van der Waals surface area (Å²) in [6, 6.07) is 7.08. The lowest BCUT2D eigenvalue weighted by Gasteiger charge is -2.24. The largest absolute Gasteiger partial charge is 0.356 e. The molecule has 4 amide bonds. The third-order valence-electron chi connectivity index (χ3n) is 6.34. The highest BCUT2D eigenvalue weighted by molar-refractivity contribution is 5.98. The molecule has 0 saturated heterocycles. The SMILES string of the molecule is CCCCCCNC(=O)CC[C@H](NC(=O)[C@H](CC(C)C)NC(=O)c1ccccc1)C(=O)NCCCCCC. The number of carbonyl (C=O) groups is 4. The molecule has 0 aliphatic carbocycles. The highest BCUT2D eigenvalue weighted by atomic mass is 16.2. The van der Waals surface area contributed by atoms with Crippen LogP contribution in [0.1, 0.15) is 109 Å². The van der Waals surface area contributed by atoms with Crippen LogP contribution in [-0.2, 0) is 14.4 Å². The quantitative estimate of drug-likeness (QED) is 0.186. The van der Waals surface area contributed by atoms with E-state index in [1.165, 1.54) is 0 Å². The average molecular weight is 531 g/mol. The molecular weight excluding hydrogens is 480 g/mol. The summed E-state index contributed by atoms with van der Waals surface area (Å²) in [5, 5.41) is 11.5. The molecule has 1 aromatic rings. The molecule has 1 rings (SSSR count). The Hall–Kier alpha value is -2.90. The molecule has 0 saturated carbocycles. The van der Waals surface area contributed by atoms with Crippen molar-refractivity contribution in [2.75, 3.05) is 13.1 Å². The van der Waals surface area contributed by atoms with Crippen LogP contribution in [0.15, 0.2) is 30.3 Å². The van der Waals surface area contributed by atoms with Gasteiger partial charge in [-0.2, -0.15) is 0 Å². The van der Waals surface area contributed by atoms with Crippen molar-refractivity contribution in [3.8, 4) is 0 Å². The fourth-order valence-corrected chi connectivity index (χ4v) is 4.11. The van der Waals surface area contributed by atoms with Gasteiger partial charge in [-0.3, -0.25) is 19.2 Å². The normalized spacial score (nSPS) is 12.4. The highest BCUT2D eigenvalue weighted by Crippen LogP contribution is 2.09. The van der Waals surface area contributed by atoms with E-state index in [9.17, 15) is 19.2 Å². The van der Waals surface area contributed by atoms with Crippen molar-refractivity contribution in [2.24, 2.45) is 5.92 Å². The van der Waals surface area contributed by atoms with Crippen LogP contribution >= 0.6 is 0 Å². The van der Waals surface area contributed by atoms with Gasteiger partial charge < -0.3 is 21.3 Å². The van der Waals surface area contributed by atoms with E-state index in [4.69, 9.17) is 0 Å². The topological polar surface area (TPSA) is 116 Å². The minimum absolute atomic E-state index is 0.132. The molecule has 0 aliphatic heterocycles. The standard InChI is InChI=1S/C30H50N4O4/c1-5-7-9-14-20-31-27(35)19-18-25(29(37)32-21-15-10-8-6-2)33-30(38)26(22-23(3)4)34-28(36)24-16-12-11-13-17-24/h11-13,16-17,23,25-26H,5-10,14-15,18-22H2,1-4H3,(H,31,35)(H,32,37)(H,33,38)(H,34,36)/t25-,26-/m0/s1. The predicted octanol–water partition coefficient (Wildman–Crippen LogP) is 4.49. The van der Waals surface area contributed by atoms with Crippen LogP contribution in [0.2, 0.25) is 0 Å². The van der Waals surface area contributed by atoms with Gasteiger partial charge in [0, 0.05) is 25.1 Å². The van der Waals surface area contributed by atoms with Crippen LogP contribution in [0.5, 0.6) is 0 Å². The number of hydrogen-bond donors (Lipinski definition) is 4. The summed E-state index contributed by atoms with van der Waals surface area (Å²) >= 11 is 0. The molecule has 0 aromatic heterocycles. The van der Waals surface area contributed by atoms with Gasteiger partial charge in [0.25, 0.3) is 5.91 Å². The molecular formula is C30H50N4O4. The van der Waals surface area contributed by atoms with Crippen molar-refractivity contribution in [3.63, 3.8) is 0 Å². The van der Waals surface area contributed by atoms with E-state index in [-0.39, 0.29) is 36.5 Å². The van der Waals surface area contributed by atoms with E-state index in [1.54, 1.807) is 24.3 Å². The van der Waals surface area contributed by atoms with Gasteiger partial charge in [0.1, 0.15) is 12.1 Å². The monoisotopic (exact) mass is 530 g/mol. The molecule has 214 valence electrons. The van der Waals surface area contributed by atoms with Gasteiger partial charge in [-0.05, 0) is 43.7 Å². The zero-order chi connectivity index (χ0) is 28.2. The second-order valence-electron chi connectivity index (χ2n) is 10.4. The molecule has 0 heterocycles. The number of hydrogen-bond acceptors (Lipinski definition) is 4. The predicted molar refractivity (Wildman–Crippen MR) is 153 cm³/mol. The third-order valence-corrected chi connectivity index (χ3v) is 6.34. The molecule has 2 atom stereocenters. The van der Waals surface area contributed by atoms with E-state index in [2.05, 4.69) is 35.1 Å². The van der Waals surface area contributed by atoms with E-state index in [0.717, 1.165) is 51.4 Å². The summed E-state index contributed by atoms with van der Waals surface area (Å²) in [5.41, 5.74) is 0.464. The van der Waals surface area contributed by atoms with Crippen LogP contribution in [0.3, 0.4) is 0 Å². The maximum atomic E-state index is 13.3. The van der Waals surface area contributed by atoms with Crippen molar-refractivity contribution < 1.29 is 19.2 Å². The van der Waals surface area contributed by atoms with Crippen LogP contribution in [0.4, 0.5) is 0 Å². The van der Waals surface area contributed by atoms with Crippen molar-refractivity contribution in [3.05, 3.63) is 35.9 Å². The van der Waals surface area contributed by atoms with Crippen LogP contribution < -0.4 is 21.3 Å². The summed E-state index contributed by atoms with van der Waals surface area (Å²) in [4.78, 5) is 51.4. The fourth-order valence-electron chi connectivity index (χ4n) is 4.11. The second-order valence-corrected chi connectivity index (χ2v) is 10.4. The molecule has 8 heteroatoms. The van der Waals surface area contributed by atoms with Crippen molar-refractivity contribution in [1.82, 2.24) is 21.3 Å². The van der Waals surface area contributed by atoms with E-state index in [1.807, 2.05) is 19.9 Å². The molecule has 0 unspecified atom stereocenters. The van der Waals surface area contributed by atoms with Crippen LogP contribution in [-0.4, -0.2) is 48.8 Å². The second kappa shape index (κ2) is 20.1. The number of rotatable bonds is 20. The lowest BCUT2D eigenvalue weighted by molar-refractivity contribution is -0.130. The van der Waals surface area contributed by atoms with Gasteiger partial charge in [0.15, 0.2) is 0 Å². The van der Waals surface area contributed by atoms with Crippen molar-refractivity contribution in [1.29, 1.82) is 0 Å². The third kappa shape index (κ3) is 14.7. The molecule has 0 fully saturated rings. The Morgan fingerprint density at radius 2 is 1.32 bits per heavy atom. The Labute approximate surface area is 229 Å². The number of unbranched alkanes of at least 4 members (excludes halogenated alkanes) is 6. The molecule has 4 N–H and O–H groups in total. The maximum Gasteiger partial charge on any atom is 0.251 e. The van der Waals surface area contributed by atoms with Crippen molar-refractivity contribution in [2.45, 2.75) is 110 Å². The van der Waals surface area contributed by atoms with E-state index >= 15 is 0 Å². The number of benzene rings is 1. The molecule has 0 spiro atoms. The number of amides is 4. The zero-order valence-corrected chi connectivity index (χ0v) is 23.9. The van der Waals surface area contributed by atoms with Gasteiger partial charge in [-0.1, -0.05) is 84.4 Å². The van der Waals surface area contributed by atoms with Gasteiger partial charge in [-0.25, -0.2) is 0 Å². The minimum Gasteiger partial charge on any atom is -0.356 e. The summed E-state index contributed by atoms with van der Waals surface area (Å²) in [6.45, 7) is 9.35. The Morgan fingerprint density at radius 3 is 1.89 bits per heavy atom. The maximum absolute atomic E-state index is 13.3. The smallest absolute Gasteiger partial charge is 0.251 e. The van der Waals surface area contributed by atoms with E-state index < -0.39 is 18.0 Å². The van der Waals surface area contributed by atoms with Gasteiger partial charge in [0.05, 0.1) is 0 Å². The molecule has 1 aromatic carbocycles. The lowest BCUT2D eigenvalue weighted by atomic mass is 10.0. The Kier molecular flexibility index (Phi) is 17.5. The van der Waals surface area contributed by atoms with Gasteiger partial charge in [-0.15, -0.1) is 0 Å². The number of nitrogens with one attached hydrogen (secondary N) is 4. The highest BCUT2D eigenvalue weighted by Gasteiger charge is 2.28. The number of carbonyl (C=O) groups excluding carboxylic acids is 4. The van der Waals surface area contributed by atoms with Crippen molar-refractivity contribution >= 4 is 23.6 Å². The summed E-state index contributed by atoms with van der Waals surface area (Å²) in [6.07, 6.45) is 9.11. The van der Waals surface area contributed by atoms with Crippen LogP contribution in [0, 0.1) is 5.92 Å². The minimum atomic E-state index is -0.859. The molecule has 0 radical (unpaired) electrons. The first-order chi connectivity index (χ1) is 18.3. The Bertz CT molecular complexity index is 829. The first kappa shape index (κ1) is 33.1. The van der Waals surface area contributed by atoms with Gasteiger partial charge in [0.2, 0.25) is 17.7 Å². The average Bonchev–Trinajstić information content (AvgIpc) is 2.90. The molecule has 8 nitrogen and oxygen atoms in total. The van der Waals surface area contributed by atoms with E-state index in [0.29, 0.717) is 25.1 Å². The summed E-state index contributed by atoms with van der Waals surface area (Å²) < 4.78 is 0. The molecule has 38 heavy (non-hydrogen) atoms. The van der Waals surface area contributed by atoms with Crippen LogP contribution in [0.25, 0.3) is 0 Å². The zero-order valence-electron chi connectivity index (χ0n) is 23.9. The molecule has 0 bridgehead atoms.